The van der Waals surface area contributed by atoms with Crippen molar-refractivity contribution in [2.75, 3.05) is 0 Å². The van der Waals surface area contributed by atoms with E-state index in [4.69, 9.17) is 0 Å². The van der Waals surface area contributed by atoms with E-state index in [1.54, 1.807) is 6.07 Å². The summed E-state index contributed by atoms with van der Waals surface area (Å²) in [6.07, 6.45) is 0.965. The van der Waals surface area contributed by atoms with E-state index < -0.39 is 0 Å². The number of halogens is 1. The average Bonchev–Trinajstić information content (AvgIpc) is 2.03. The zero-order chi connectivity index (χ0) is 10.1. The molecule has 0 aromatic heterocycles. The Labute approximate surface area is 79.8 Å². The quantitative estimate of drug-likeness (QED) is 0.618. The van der Waals surface area contributed by atoms with Crippen LogP contribution in [0.5, 0.6) is 0 Å². The standard InChI is InChI=1S/C12H17F/c1-5-9-6-7-10(13)8-11(9)12(2,3)4/h6-8H,5H2,1-4H3. The Morgan fingerprint density at radius 3 is 2.31 bits per heavy atom. The lowest BCUT2D eigenvalue weighted by Crippen LogP contribution is -2.14. The van der Waals surface area contributed by atoms with E-state index in [1.807, 2.05) is 6.07 Å². The third-order valence-corrected chi connectivity index (χ3v) is 2.26. The second kappa shape index (κ2) is 3.49. The molecule has 0 bridgehead atoms. The molecule has 1 heteroatoms. The van der Waals surface area contributed by atoms with Crippen LogP contribution in [-0.2, 0) is 11.8 Å². The van der Waals surface area contributed by atoms with E-state index in [0.29, 0.717) is 0 Å². The van der Waals surface area contributed by atoms with E-state index in [0.717, 1.165) is 12.0 Å². The van der Waals surface area contributed by atoms with Crippen molar-refractivity contribution in [1.82, 2.24) is 0 Å². The topological polar surface area (TPSA) is 0 Å². The van der Waals surface area contributed by atoms with Gasteiger partial charge in [-0.3, -0.25) is 0 Å². The fourth-order valence-electron chi connectivity index (χ4n) is 1.56. The monoisotopic (exact) mass is 180 g/mol. The van der Waals surface area contributed by atoms with Crippen molar-refractivity contribution >= 4 is 0 Å². The average molecular weight is 180 g/mol. The molecule has 0 radical (unpaired) electrons. The zero-order valence-corrected chi connectivity index (χ0v) is 8.82. The summed E-state index contributed by atoms with van der Waals surface area (Å²) < 4.78 is 13.0. The Bertz CT molecular complexity index is 294. The van der Waals surface area contributed by atoms with Crippen LogP contribution in [0.2, 0.25) is 0 Å². The molecule has 0 heterocycles. The molecule has 13 heavy (non-hydrogen) atoms. The number of aryl methyl sites for hydroxylation is 1. The van der Waals surface area contributed by atoms with Gasteiger partial charge in [0.1, 0.15) is 5.82 Å². The molecule has 0 saturated heterocycles. The minimum atomic E-state index is -0.137. The van der Waals surface area contributed by atoms with Gasteiger partial charge in [-0.2, -0.15) is 0 Å². The number of hydrogen-bond donors (Lipinski definition) is 0. The molecular formula is C12H17F. The van der Waals surface area contributed by atoms with E-state index in [9.17, 15) is 4.39 Å². The lowest BCUT2D eigenvalue weighted by Gasteiger charge is -2.22. The molecular weight excluding hydrogens is 163 g/mol. The molecule has 0 aliphatic heterocycles. The third-order valence-electron chi connectivity index (χ3n) is 2.26. The highest BCUT2D eigenvalue weighted by Gasteiger charge is 2.17. The fourth-order valence-corrected chi connectivity index (χ4v) is 1.56. The zero-order valence-electron chi connectivity index (χ0n) is 8.82. The molecule has 0 nitrogen and oxygen atoms in total. The first-order valence-corrected chi connectivity index (χ1v) is 4.74. The Kier molecular flexibility index (Phi) is 2.74. The summed E-state index contributed by atoms with van der Waals surface area (Å²) in [5.41, 5.74) is 2.40. The van der Waals surface area contributed by atoms with Crippen molar-refractivity contribution in [2.24, 2.45) is 0 Å². The highest BCUT2D eigenvalue weighted by molar-refractivity contribution is 5.33. The van der Waals surface area contributed by atoms with Gasteiger partial charge in [0.15, 0.2) is 0 Å². The highest BCUT2D eigenvalue weighted by Crippen LogP contribution is 2.26. The van der Waals surface area contributed by atoms with Crippen molar-refractivity contribution in [2.45, 2.75) is 39.5 Å². The van der Waals surface area contributed by atoms with Crippen LogP contribution in [0.25, 0.3) is 0 Å². The molecule has 72 valence electrons. The summed E-state index contributed by atoms with van der Waals surface area (Å²) >= 11 is 0. The first-order chi connectivity index (χ1) is 5.95. The van der Waals surface area contributed by atoms with Crippen LogP contribution >= 0.6 is 0 Å². The summed E-state index contributed by atoms with van der Waals surface area (Å²) in [6.45, 7) is 8.44. The van der Waals surface area contributed by atoms with E-state index in [-0.39, 0.29) is 11.2 Å². The minimum Gasteiger partial charge on any atom is -0.207 e. The first-order valence-electron chi connectivity index (χ1n) is 4.74. The molecule has 0 unspecified atom stereocenters. The Morgan fingerprint density at radius 1 is 1.23 bits per heavy atom. The summed E-state index contributed by atoms with van der Waals surface area (Å²) in [5, 5.41) is 0. The number of rotatable bonds is 1. The molecule has 0 saturated carbocycles. The fraction of sp³-hybridized carbons (Fsp3) is 0.500. The maximum Gasteiger partial charge on any atom is 0.123 e. The van der Waals surface area contributed by atoms with Gasteiger partial charge in [-0.05, 0) is 35.1 Å². The van der Waals surface area contributed by atoms with Gasteiger partial charge in [0.2, 0.25) is 0 Å². The summed E-state index contributed by atoms with van der Waals surface area (Å²) in [6, 6.07) is 5.07. The summed E-state index contributed by atoms with van der Waals surface area (Å²) in [5.74, 6) is -0.137. The van der Waals surface area contributed by atoms with Crippen molar-refractivity contribution in [3.8, 4) is 0 Å². The second-order valence-corrected chi connectivity index (χ2v) is 4.41. The van der Waals surface area contributed by atoms with Gasteiger partial charge in [-0.25, -0.2) is 4.39 Å². The molecule has 0 spiro atoms. The van der Waals surface area contributed by atoms with E-state index in [2.05, 4.69) is 27.7 Å². The van der Waals surface area contributed by atoms with Crippen molar-refractivity contribution in [3.05, 3.63) is 35.1 Å². The SMILES string of the molecule is CCc1ccc(F)cc1C(C)(C)C. The Balaban J connectivity index is 3.24. The third kappa shape index (κ3) is 2.30. The van der Waals surface area contributed by atoms with Gasteiger partial charge in [0.05, 0.1) is 0 Å². The maximum absolute atomic E-state index is 13.0. The van der Waals surface area contributed by atoms with Gasteiger partial charge in [0, 0.05) is 0 Å². The van der Waals surface area contributed by atoms with Gasteiger partial charge in [-0.15, -0.1) is 0 Å². The normalized spacial score (nSPS) is 11.8. The highest BCUT2D eigenvalue weighted by atomic mass is 19.1. The molecule has 0 atom stereocenters. The lowest BCUT2D eigenvalue weighted by molar-refractivity contribution is 0.566. The van der Waals surface area contributed by atoms with Gasteiger partial charge in [-0.1, -0.05) is 33.8 Å². The summed E-state index contributed by atoms with van der Waals surface area (Å²) in [4.78, 5) is 0. The van der Waals surface area contributed by atoms with Gasteiger partial charge < -0.3 is 0 Å². The smallest absolute Gasteiger partial charge is 0.123 e. The van der Waals surface area contributed by atoms with Crippen LogP contribution in [0.15, 0.2) is 18.2 Å². The van der Waals surface area contributed by atoms with Crippen LogP contribution in [0.1, 0.15) is 38.8 Å². The van der Waals surface area contributed by atoms with Crippen molar-refractivity contribution in [3.63, 3.8) is 0 Å². The summed E-state index contributed by atoms with van der Waals surface area (Å²) in [7, 11) is 0. The largest absolute Gasteiger partial charge is 0.207 e. The number of benzene rings is 1. The van der Waals surface area contributed by atoms with Crippen molar-refractivity contribution in [1.29, 1.82) is 0 Å². The molecule has 0 N–H and O–H groups in total. The lowest BCUT2D eigenvalue weighted by atomic mass is 9.83. The van der Waals surface area contributed by atoms with E-state index >= 15 is 0 Å². The molecule has 0 aliphatic carbocycles. The molecule has 0 fully saturated rings. The second-order valence-electron chi connectivity index (χ2n) is 4.41. The Hall–Kier alpha value is -0.850. The van der Waals surface area contributed by atoms with E-state index in [1.165, 1.54) is 11.6 Å². The minimum absolute atomic E-state index is 0.0352. The Morgan fingerprint density at radius 2 is 1.85 bits per heavy atom. The number of hydrogen-bond acceptors (Lipinski definition) is 0. The molecule has 0 amide bonds. The first kappa shape index (κ1) is 10.2. The van der Waals surface area contributed by atoms with Crippen LogP contribution in [0, 0.1) is 5.82 Å². The van der Waals surface area contributed by atoms with Gasteiger partial charge >= 0.3 is 0 Å². The predicted octanol–water partition coefficient (Wildman–Crippen LogP) is 3.69. The molecule has 0 aliphatic rings. The van der Waals surface area contributed by atoms with Crippen LogP contribution in [-0.4, -0.2) is 0 Å². The molecule has 1 aromatic carbocycles. The van der Waals surface area contributed by atoms with Crippen molar-refractivity contribution < 1.29 is 4.39 Å². The van der Waals surface area contributed by atoms with Gasteiger partial charge in [0.25, 0.3) is 0 Å². The van der Waals surface area contributed by atoms with Crippen LogP contribution in [0.4, 0.5) is 4.39 Å². The maximum atomic E-state index is 13.0. The predicted molar refractivity (Wildman–Crippen MR) is 54.5 cm³/mol. The van der Waals surface area contributed by atoms with Crippen LogP contribution < -0.4 is 0 Å². The molecule has 1 aromatic rings. The molecule has 1 rings (SSSR count). The van der Waals surface area contributed by atoms with Crippen LogP contribution in [0.3, 0.4) is 0 Å².